The van der Waals surface area contributed by atoms with Gasteiger partial charge in [-0.2, -0.15) is 0 Å². The molecule has 0 amide bonds. The smallest absolute Gasteiger partial charge is 0.127 e. The summed E-state index contributed by atoms with van der Waals surface area (Å²) in [5, 5.41) is 12.1. The van der Waals surface area contributed by atoms with Crippen LogP contribution in [0.1, 0.15) is 11.4 Å². The van der Waals surface area contributed by atoms with E-state index in [0.29, 0.717) is 19.0 Å². The standard InChI is InChI=1S/C19H20N2O2S/c1-14-20-18-10-6-5-9-17(18)19(21-14)24-13-16(22)12-23-11-15-7-3-2-4-8-15/h2-10,16,22H,11-13H2,1H3. The number of fused-ring (bicyclic) bond motifs is 1. The van der Waals surface area contributed by atoms with Crippen molar-refractivity contribution in [1.29, 1.82) is 0 Å². The summed E-state index contributed by atoms with van der Waals surface area (Å²) >= 11 is 1.54. The van der Waals surface area contributed by atoms with Gasteiger partial charge in [-0.15, -0.1) is 11.8 Å². The second-order valence-electron chi connectivity index (χ2n) is 5.56. The van der Waals surface area contributed by atoms with Crippen molar-refractivity contribution in [2.75, 3.05) is 12.4 Å². The monoisotopic (exact) mass is 340 g/mol. The lowest BCUT2D eigenvalue weighted by atomic mass is 10.2. The summed E-state index contributed by atoms with van der Waals surface area (Å²) in [6, 6.07) is 17.9. The van der Waals surface area contributed by atoms with Gasteiger partial charge in [0.15, 0.2) is 0 Å². The molecule has 3 aromatic rings. The summed E-state index contributed by atoms with van der Waals surface area (Å²) in [6.45, 7) is 2.71. The highest BCUT2D eigenvalue weighted by atomic mass is 32.2. The number of aromatic nitrogens is 2. The van der Waals surface area contributed by atoms with Crippen LogP contribution >= 0.6 is 11.8 Å². The second kappa shape index (κ2) is 8.24. The van der Waals surface area contributed by atoms with Gasteiger partial charge in [-0.3, -0.25) is 0 Å². The fourth-order valence-electron chi connectivity index (χ4n) is 2.38. The van der Waals surface area contributed by atoms with Crippen LogP contribution in [0.2, 0.25) is 0 Å². The number of hydrogen-bond donors (Lipinski definition) is 1. The Bertz CT molecular complexity index is 796. The van der Waals surface area contributed by atoms with Gasteiger partial charge >= 0.3 is 0 Å². The zero-order chi connectivity index (χ0) is 16.8. The third-order valence-corrected chi connectivity index (χ3v) is 4.65. The van der Waals surface area contributed by atoms with Gasteiger partial charge in [-0.05, 0) is 18.6 Å². The molecule has 0 spiro atoms. The van der Waals surface area contributed by atoms with Crippen molar-refractivity contribution in [2.45, 2.75) is 24.7 Å². The number of aliphatic hydroxyl groups is 1. The fourth-order valence-corrected chi connectivity index (χ4v) is 3.35. The number of ether oxygens (including phenoxy) is 1. The van der Waals surface area contributed by atoms with Crippen LogP contribution < -0.4 is 0 Å². The van der Waals surface area contributed by atoms with Crippen molar-refractivity contribution in [2.24, 2.45) is 0 Å². The highest BCUT2D eigenvalue weighted by molar-refractivity contribution is 7.99. The molecule has 1 unspecified atom stereocenters. The molecule has 0 aliphatic heterocycles. The molecular weight excluding hydrogens is 320 g/mol. The Hall–Kier alpha value is -1.95. The molecule has 0 saturated heterocycles. The van der Waals surface area contributed by atoms with E-state index < -0.39 is 6.10 Å². The maximum Gasteiger partial charge on any atom is 0.127 e. The third kappa shape index (κ3) is 4.54. The Balaban J connectivity index is 1.54. The van der Waals surface area contributed by atoms with Crippen LogP contribution in [-0.2, 0) is 11.3 Å². The van der Waals surface area contributed by atoms with Crippen molar-refractivity contribution in [3.05, 3.63) is 66.0 Å². The Labute approximate surface area is 145 Å². The zero-order valence-corrected chi connectivity index (χ0v) is 14.4. The lowest BCUT2D eigenvalue weighted by Crippen LogP contribution is -2.18. The molecule has 24 heavy (non-hydrogen) atoms. The largest absolute Gasteiger partial charge is 0.390 e. The van der Waals surface area contributed by atoms with Crippen molar-refractivity contribution in [3.8, 4) is 0 Å². The van der Waals surface area contributed by atoms with Crippen molar-refractivity contribution < 1.29 is 9.84 Å². The molecule has 1 N–H and O–H groups in total. The van der Waals surface area contributed by atoms with Crippen LogP contribution in [0.4, 0.5) is 0 Å². The molecule has 4 nitrogen and oxygen atoms in total. The summed E-state index contributed by atoms with van der Waals surface area (Å²) in [5.74, 6) is 1.28. The van der Waals surface area contributed by atoms with Gasteiger partial charge in [0.25, 0.3) is 0 Å². The minimum absolute atomic E-state index is 0.309. The van der Waals surface area contributed by atoms with Gasteiger partial charge in [0.1, 0.15) is 10.9 Å². The van der Waals surface area contributed by atoms with Gasteiger partial charge in [-0.1, -0.05) is 48.5 Å². The van der Waals surface area contributed by atoms with Crippen molar-refractivity contribution in [3.63, 3.8) is 0 Å². The third-order valence-electron chi connectivity index (χ3n) is 3.51. The Morgan fingerprint density at radius 2 is 1.79 bits per heavy atom. The van der Waals surface area contributed by atoms with Crippen LogP contribution in [-0.4, -0.2) is 33.5 Å². The van der Waals surface area contributed by atoms with Crippen molar-refractivity contribution in [1.82, 2.24) is 9.97 Å². The number of para-hydroxylation sites is 1. The lowest BCUT2D eigenvalue weighted by Gasteiger charge is -2.12. The summed E-state index contributed by atoms with van der Waals surface area (Å²) in [6.07, 6.45) is -0.534. The molecule has 5 heteroatoms. The Morgan fingerprint density at radius 1 is 1.04 bits per heavy atom. The molecule has 1 aromatic heterocycles. The molecule has 0 saturated carbocycles. The SMILES string of the molecule is Cc1nc(SCC(O)COCc2ccccc2)c2ccccc2n1. The molecule has 0 radical (unpaired) electrons. The van der Waals surface area contributed by atoms with Crippen LogP contribution in [0.25, 0.3) is 10.9 Å². The van der Waals surface area contributed by atoms with Gasteiger partial charge < -0.3 is 9.84 Å². The van der Waals surface area contributed by atoms with Gasteiger partial charge in [-0.25, -0.2) is 9.97 Å². The highest BCUT2D eigenvalue weighted by Gasteiger charge is 2.10. The van der Waals surface area contributed by atoms with Gasteiger partial charge in [0.2, 0.25) is 0 Å². The van der Waals surface area contributed by atoms with E-state index in [1.54, 1.807) is 0 Å². The number of thioether (sulfide) groups is 1. The number of nitrogens with zero attached hydrogens (tertiary/aromatic N) is 2. The lowest BCUT2D eigenvalue weighted by molar-refractivity contribution is 0.0398. The van der Waals surface area contributed by atoms with Crippen molar-refractivity contribution >= 4 is 22.7 Å². The molecule has 0 bridgehead atoms. The second-order valence-corrected chi connectivity index (χ2v) is 6.57. The number of rotatable bonds is 7. The summed E-state index contributed by atoms with van der Waals surface area (Å²) in [7, 11) is 0. The number of aryl methyl sites for hydroxylation is 1. The fraction of sp³-hybridized carbons (Fsp3) is 0.263. The van der Waals surface area contributed by atoms with E-state index in [0.717, 1.165) is 27.3 Å². The van der Waals surface area contributed by atoms with Crippen LogP contribution in [0.3, 0.4) is 0 Å². The minimum atomic E-state index is -0.534. The first-order valence-corrected chi connectivity index (χ1v) is 8.87. The van der Waals surface area contributed by atoms with Gasteiger partial charge in [0.05, 0.1) is 24.8 Å². The quantitative estimate of drug-likeness (QED) is 0.526. The molecule has 124 valence electrons. The average molecular weight is 340 g/mol. The molecule has 0 aliphatic carbocycles. The molecule has 0 aliphatic rings. The van der Waals surface area contributed by atoms with E-state index in [-0.39, 0.29) is 0 Å². The number of aliphatic hydroxyl groups excluding tert-OH is 1. The van der Waals surface area contributed by atoms with E-state index >= 15 is 0 Å². The molecule has 0 fully saturated rings. The maximum absolute atomic E-state index is 10.1. The van der Waals surface area contributed by atoms with Gasteiger partial charge in [0, 0.05) is 11.1 Å². The first-order valence-electron chi connectivity index (χ1n) is 7.88. The summed E-state index contributed by atoms with van der Waals surface area (Å²) in [5.41, 5.74) is 2.04. The molecule has 1 atom stereocenters. The number of benzene rings is 2. The summed E-state index contributed by atoms with van der Waals surface area (Å²) < 4.78 is 5.59. The van der Waals surface area contributed by atoms with E-state index in [4.69, 9.17) is 4.74 Å². The maximum atomic E-state index is 10.1. The summed E-state index contributed by atoms with van der Waals surface area (Å²) in [4.78, 5) is 8.94. The van der Waals surface area contributed by atoms with Crippen LogP contribution in [0.5, 0.6) is 0 Å². The number of hydrogen-bond acceptors (Lipinski definition) is 5. The zero-order valence-electron chi connectivity index (χ0n) is 13.6. The topological polar surface area (TPSA) is 55.2 Å². The molecule has 1 heterocycles. The first-order chi connectivity index (χ1) is 11.7. The molecular formula is C19H20N2O2S. The first kappa shape index (κ1) is 16.9. The predicted octanol–water partition coefficient (Wildman–Crippen LogP) is 3.61. The predicted molar refractivity (Wildman–Crippen MR) is 97.1 cm³/mol. The van der Waals surface area contributed by atoms with E-state index in [9.17, 15) is 5.11 Å². The minimum Gasteiger partial charge on any atom is -0.390 e. The molecule has 2 aromatic carbocycles. The van der Waals surface area contributed by atoms with Crippen LogP contribution in [0.15, 0.2) is 59.6 Å². The van der Waals surface area contributed by atoms with E-state index in [1.807, 2.05) is 61.5 Å². The Kier molecular flexibility index (Phi) is 5.80. The average Bonchev–Trinajstić information content (AvgIpc) is 2.60. The highest BCUT2D eigenvalue weighted by Crippen LogP contribution is 2.25. The van der Waals surface area contributed by atoms with Crippen LogP contribution in [0, 0.1) is 6.92 Å². The normalized spacial score (nSPS) is 12.4. The Morgan fingerprint density at radius 3 is 2.62 bits per heavy atom. The van der Waals surface area contributed by atoms with E-state index in [1.165, 1.54) is 11.8 Å². The molecule has 3 rings (SSSR count). The van der Waals surface area contributed by atoms with E-state index in [2.05, 4.69) is 9.97 Å².